The summed E-state index contributed by atoms with van der Waals surface area (Å²) in [6, 6.07) is 1.88. The molecule has 0 atom stereocenters. The van der Waals surface area contributed by atoms with Gasteiger partial charge in [0, 0.05) is 18.2 Å². The fourth-order valence-electron chi connectivity index (χ4n) is 3.62. The number of rotatable bonds is 4. The maximum atomic E-state index is 12.1. The van der Waals surface area contributed by atoms with Crippen molar-refractivity contribution in [1.82, 2.24) is 15.5 Å². The summed E-state index contributed by atoms with van der Waals surface area (Å²) < 4.78 is 0. The standard InChI is InChI=1S/C16H25N3O2/c20-15(17-11-16(21)8-4-5-9-16)14-10-13(18-19-14)12-6-2-1-3-7-12/h10,12,21H,1-9,11H2,(H,17,20)(H,18,19). The molecule has 2 aliphatic rings. The first-order valence-corrected chi connectivity index (χ1v) is 8.22. The van der Waals surface area contributed by atoms with Gasteiger partial charge in [0.25, 0.3) is 5.91 Å². The summed E-state index contributed by atoms with van der Waals surface area (Å²) in [6.45, 7) is 0.331. The van der Waals surface area contributed by atoms with Crippen molar-refractivity contribution in [3.8, 4) is 0 Å². The number of amides is 1. The van der Waals surface area contributed by atoms with Crippen LogP contribution in [-0.2, 0) is 0 Å². The van der Waals surface area contributed by atoms with Crippen LogP contribution in [0.4, 0.5) is 0 Å². The third-order valence-electron chi connectivity index (χ3n) is 4.99. The summed E-state index contributed by atoms with van der Waals surface area (Å²) in [5.41, 5.74) is 0.814. The fourth-order valence-corrected chi connectivity index (χ4v) is 3.62. The van der Waals surface area contributed by atoms with Gasteiger partial charge in [0.1, 0.15) is 5.69 Å². The van der Waals surface area contributed by atoms with Crippen LogP contribution in [0.15, 0.2) is 6.07 Å². The van der Waals surface area contributed by atoms with Crippen molar-refractivity contribution in [2.75, 3.05) is 6.54 Å². The van der Waals surface area contributed by atoms with Crippen LogP contribution in [0.5, 0.6) is 0 Å². The summed E-state index contributed by atoms with van der Waals surface area (Å²) >= 11 is 0. The summed E-state index contributed by atoms with van der Waals surface area (Å²) in [5.74, 6) is 0.334. The largest absolute Gasteiger partial charge is 0.388 e. The molecular formula is C16H25N3O2. The van der Waals surface area contributed by atoms with Gasteiger partial charge in [-0.2, -0.15) is 5.10 Å². The lowest BCUT2D eigenvalue weighted by atomic mass is 9.87. The van der Waals surface area contributed by atoms with E-state index in [1.54, 1.807) is 0 Å². The third-order valence-corrected chi connectivity index (χ3v) is 4.99. The summed E-state index contributed by atoms with van der Waals surface area (Å²) in [4.78, 5) is 12.1. The van der Waals surface area contributed by atoms with Crippen LogP contribution in [0.3, 0.4) is 0 Å². The quantitative estimate of drug-likeness (QED) is 0.797. The SMILES string of the molecule is O=C(NCC1(O)CCCC1)c1cc(C2CCCCC2)[nH]n1. The minimum atomic E-state index is -0.710. The number of aromatic nitrogens is 2. The second-order valence-electron chi connectivity index (χ2n) is 6.66. The molecule has 1 aromatic heterocycles. The van der Waals surface area contributed by atoms with Crippen molar-refractivity contribution in [3.05, 3.63) is 17.5 Å². The lowest BCUT2D eigenvalue weighted by Gasteiger charge is -2.21. The van der Waals surface area contributed by atoms with Gasteiger partial charge in [-0.3, -0.25) is 9.89 Å². The minimum absolute atomic E-state index is 0.186. The van der Waals surface area contributed by atoms with Crippen molar-refractivity contribution >= 4 is 5.91 Å². The van der Waals surface area contributed by atoms with Crippen molar-refractivity contribution in [2.45, 2.75) is 69.3 Å². The lowest BCUT2D eigenvalue weighted by Crippen LogP contribution is -2.40. The van der Waals surface area contributed by atoms with E-state index in [2.05, 4.69) is 15.5 Å². The number of aromatic amines is 1. The van der Waals surface area contributed by atoms with E-state index in [4.69, 9.17) is 0 Å². The van der Waals surface area contributed by atoms with Crippen molar-refractivity contribution < 1.29 is 9.90 Å². The predicted octanol–water partition coefficient (Wildman–Crippen LogP) is 2.49. The zero-order valence-electron chi connectivity index (χ0n) is 12.5. The molecule has 5 nitrogen and oxygen atoms in total. The van der Waals surface area contributed by atoms with Gasteiger partial charge in [-0.1, -0.05) is 32.1 Å². The average Bonchev–Trinajstić information content (AvgIpc) is 3.16. The number of carbonyl (C=O) groups excluding carboxylic acids is 1. The molecule has 0 spiro atoms. The number of nitrogens with zero attached hydrogens (tertiary/aromatic N) is 1. The predicted molar refractivity (Wildman–Crippen MR) is 80.2 cm³/mol. The highest BCUT2D eigenvalue weighted by Gasteiger charge is 2.31. The molecule has 1 heterocycles. The van der Waals surface area contributed by atoms with Crippen LogP contribution in [0, 0.1) is 0 Å². The summed E-state index contributed by atoms with van der Waals surface area (Å²) in [5, 5.41) is 20.2. The first-order valence-electron chi connectivity index (χ1n) is 8.22. The number of H-pyrrole nitrogens is 1. The van der Waals surface area contributed by atoms with E-state index in [0.29, 0.717) is 18.2 Å². The number of nitrogens with one attached hydrogen (secondary N) is 2. The smallest absolute Gasteiger partial charge is 0.271 e. The molecule has 21 heavy (non-hydrogen) atoms. The second kappa shape index (κ2) is 6.18. The first-order chi connectivity index (χ1) is 10.2. The van der Waals surface area contributed by atoms with Gasteiger partial charge in [0.2, 0.25) is 0 Å². The number of aliphatic hydroxyl groups is 1. The molecule has 0 unspecified atom stereocenters. The summed E-state index contributed by atoms with van der Waals surface area (Å²) in [7, 11) is 0. The molecule has 2 fully saturated rings. The number of carbonyl (C=O) groups is 1. The van der Waals surface area contributed by atoms with E-state index in [9.17, 15) is 9.90 Å². The molecule has 2 saturated carbocycles. The normalized spacial score (nSPS) is 22.3. The van der Waals surface area contributed by atoms with Crippen LogP contribution in [0.25, 0.3) is 0 Å². The van der Waals surface area contributed by atoms with Crippen LogP contribution < -0.4 is 5.32 Å². The van der Waals surface area contributed by atoms with E-state index in [0.717, 1.165) is 31.4 Å². The highest BCUT2D eigenvalue weighted by atomic mass is 16.3. The molecule has 0 bridgehead atoms. The van der Waals surface area contributed by atoms with Crippen molar-refractivity contribution in [3.63, 3.8) is 0 Å². The molecule has 3 rings (SSSR count). The van der Waals surface area contributed by atoms with Gasteiger partial charge in [-0.15, -0.1) is 0 Å². The Hall–Kier alpha value is -1.36. The molecule has 2 aliphatic carbocycles. The van der Waals surface area contributed by atoms with E-state index < -0.39 is 5.60 Å². The molecule has 0 aliphatic heterocycles. The molecule has 1 amide bonds. The van der Waals surface area contributed by atoms with Crippen LogP contribution in [-0.4, -0.2) is 33.4 Å². The Bertz CT molecular complexity index is 485. The highest BCUT2D eigenvalue weighted by Crippen LogP contribution is 2.32. The monoisotopic (exact) mass is 291 g/mol. The molecule has 3 N–H and O–H groups in total. The Morgan fingerprint density at radius 3 is 2.71 bits per heavy atom. The van der Waals surface area contributed by atoms with Gasteiger partial charge in [-0.05, 0) is 31.7 Å². The van der Waals surface area contributed by atoms with E-state index >= 15 is 0 Å². The number of hydrogen-bond donors (Lipinski definition) is 3. The van der Waals surface area contributed by atoms with Crippen LogP contribution >= 0.6 is 0 Å². The maximum Gasteiger partial charge on any atom is 0.271 e. The average molecular weight is 291 g/mol. The lowest BCUT2D eigenvalue weighted by molar-refractivity contribution is 0.0448. The van der Waals surface area contributed by atoms with Gasteiger partial charge in [-0.25, -0.2) is 0 Å². The Labute approximate surface area is 125 Å². The van der Waals surface area contributed by atoms with Gasteiger partial charge in [0.15, 0.2) is 0 Å². The second-order valence-corrected chi connectivity index (χ2v) is 6.66. The van der Waals surface area contributed by atoms with Crippen LogP contribution in [0.2, 0.25) is 0 Å². The Kier molecular flexibility index (Phi) is 4.29. The van der Waals surface area contributed by atoms with Crippen molar-refractivity contribution in [1.29, 1.82) is 0 Å². The van der Waals surface area contributed by atoms with Crippen LogP contribution in [0.1, 0.15) is 79.9 Å². The minimum Gasteiger partial charge on any atom is -0.388 e. The van der Waals surface area contributed by atoms with Gasteiger partial charge in [0.05, 0.1) is 5.60 Å². The molecular weight excluding hydrogens is 266 g/mol. The van der Waals surface area contributed by atoms with E-state index in [1.807, 2.05) is 6.07 Å². The number of hydrogen-bond acceptors (Lipinski definition) is 3. The molecule has 1 aromatic rings. The zero-order valence-corrected chi connectivity index (χ0v) is 12.5. The molecule has 5 heteroatoms. The first kappa shape index (κ1) is 14.6. The highest BCUT2D eigenvalue weighted by molar-refractivity contribution is 5.92. The fraction of sp³-hybridized carbons (Fsp3) is 0.750. The molecule has 116 valence electrons. The van der Waals surface area contributed by atoms with Crippen molar-refractivity contribution in [2.24, 2.45) is 0 Å². The van der Waals surface area contributed by atoms with Gasteiger partial charge < -0.3 is 10.4 Å². The molecule has 0 saturated heterocycles. The third kappa shape index (κ3) is 3.46. The maximum absolute atomic E-state index is 12.1. The Morgan fingerprint density at radius 2 is 2.00 bits per heavy atom. The topological polar surface area (TPSA) is 78.0 Å². The van der Waals surface area contributed by atoms with E-state index in [-0.39, 0.29) is 5.91 Å². The summed E-state index contributed by atoms with van der Waals surface area (Å²) in [6.07, 6.45) is 9.85. The molecule has 0 radical (unpaired) electrons. The van der Waals surface area contributed by atoms with E-state index in [1.165, 1.54) is 32.1 Å². The zero-order chi connectivity index (χ0) is 14.7. The molecule has 0 aromatic carbocycles. The van der Waals surface area contributed by atoms with Gasteiger partial charge >= 0.3 is 0 Å². The Balaban J connectivity index is 1.56. The Morgan fingerprint density at radius 1 is 1.29 bits per heavy atom.